The SMILES string of the molecule is CCNC(=NCc1cccc(OC)c1OC1CCCC1)NCCc1nnc2ccccn12. The molecule has 1 fully saturated rings. The maximum Gasteiger partial charge on any atom is 0.191 e. The minimum Gasteiger partial charge on any atom is -0.493 e. The number of rotatable bonds is 9. The maximum absolute atomic E-state index is 6.34. The summed E-state index contributed by atoms with van der Waals surface area (Å²) in [6.07, 6.45) is 7.64. The van der Waals surface area contributed by atoms with Crippen LogP contribution in [0.4, 0.5) is 0 Å². The minimum atomic E-state index is 0.262. The first-order valence-corrected chi connectivity index (χ1v) is 11.4. The van der Waals surface area contributed by atoms with Gasteiger partial charge in [0.2, 0.25) is 0 Å². The Morgan fingerprint density at radius 2 is 2.00 bits per heavy atom. The van der Waals surface area contributed by atoms with Gasteiger partial charge < -0.3 is 20.1 Å². The molecule has 0 spiro atoms. The average molecular weight is 437 g/mol. The summed E-state index contributed by atoms with van der Waals surface area (Å²) in [5.74, 6) is 3.26. The number of nitrogens with zero attached hydrogens (tertiary/aromatic N) is 4. The average Bonchev–Trinajstić information content (AvgIpc) is 3.48. The molecule has 3 aromatic rings. The number of methoxy groups -OCH3 is 1. The van der Waals surface area contributed by atoms with E-state index >= 15 is 0 Å². The molecule has 0 aliphatic heterocycles. The molecule has 0 bridgehead atoms. The van der Waals surface area contributed by atoms with Gasteiger partial charge in [0, 0.05) is 31.3 Å². The van der Waals surface area contributed by atoms with Crippen molar-refractivity contribution in [2.24, 2.45) is 4.99 Å². The lowest BCUT2D eigenvalue weighted by Gasteiger charge is -2.19. The third-order valence-corrected chi connectivity index (χ3v) is 5.64. The smallest absolute Gasteiger partial charge is 0.191 e. The Morgan fingerprint density at radius 3 is 2.81 bits per heavy atom. The first kappa shape index (κ1) is 21.9. The highest BCUT2D eigenvalue weighted by molar-refractivity contribution is 5.79. The van der Waals surface area contributed by atoms with Gasteiger partial charge in [-0.05, 0) is 50.8 Å². The van der Waals surface area contributed by atoms with Crippen molar-refractivity contribution in [2.75, 3.05) is 20.2 Å². The molecule has 8 heteroatoms. The molecule has 0 radical (unpaired) electrons. The molecule has 32 heavy (non-hydrogen) atoms. The Balaban J connectivity index is 1.42. The summed E-state index contributed by atoms with van der Waals surface area (Å²) in [5, 5.41) is 15.2. The summed E-state index contributed by atoms with van der Waals surface area (Å²) >= 11 is 0. The Labute approximate surface area is 189 Å². The number of hydrogen-bond acceptors (Lipinski definition) is 5. The number of nitrogens with one attached hydrogen (secondary N) is 2. The first-order chi connectivity index (χ1) is 15.8. The highest BCUT2D eigenvalue weighted by atomic mass is 16.5. The van der Waals surface area contributed by atoms with Crippen molar-refractivity contribution < 1.29 is 9.47 Å². The van der Waals surface area contributed by atoms with Crippen LogP contribution in [0.5, 0.6) is 11.5 Å². The van der Waals surface area contributed by atoms with Gasteiger partial charge in [0.1, 0.15) is 5.82 Å². The number of para-hydroxylation sites is 1. The highest BCUT2D eigenvalue weighted by Crippen LogP contribution is 2.35. The summed E-state index contributed by atoms with van der Waals surface area (Å²) in [4.78, 5) is 4.79. The van der Waals surface area contributed by atoms with E-state index in [-0.39, 0.29) is 6.10 Å². The van der Waals surface area contributed by atoms with Crippen LogP contribution in [0.3, 0.4) is 0 Å². The highest BCUT2D eigenvalue weighted by Gasteiger charge is 2.20. The van der Waals surface area contributed by atoms with Gasteiger partial charge in [-0.25, -0.2) is 4.99 Å². The van der Waals surface area contributed by atoms with Crippen LogP contribution in [0.2, 0.25) is 0 Å². The number of pyridine rings is 1. The predicted molar refractivity (Wildman–Crippen MR) is 125 cm³/mol. The molecule has 2 N–H and O–H groups in total. The summed E-state index contributed by atoms with van der Waals surface area (Å²) in [5.41, 5.74) is 1.88. The lowest BCUT2D eigenvalue weighted by Crippen LogP contribution is -2.38. The van der Waals surface area contributed by atoms with Crippen molar-refractivity contribution in [2.45, 2.75) is 51.7 Å². The number of hydrogen-bond donors (Lipinski definition) is 2. The van der Waals surface area contributed by atoms with Crippen LogP contribution in [0.25, 0.3) is 5.65 Å². The fourth-order valence-corrected chi connectivity index (χ4v) is 4.01. The zero-order valence-corrected chi connectivity index (χ0v) is 18.9. The number of guanidine groups is 1. The summed E-state index contributed by atoms with van der Waals surface area (Å²) in [7, 11) is 1.68. The van der Waals surface area contributed by atoms with Gasteiger partial charge in [-0.15, -0.1) is 10.2 Å². The van der Waals surface area contributed by atoms with Crippen molar-refractivity contribution >= 4 is 11.6 Å². The molecule has 2 heterocycles. The van der Waals surface area contributed by atoms with E-state index in [0.717, 1.165) is 60.3 Å². The first-order valence-electron chi connectivity index (χ1n) is 11.4. The third-order valence-electron chi connectivity index (χ3n) is 5.64. The van der Waals surface area contributed by atoms with Crippen molar-refractivity contribution in [3.63, 3.8) is 0 Å². The minimum absolute atomic E-state index is 0.262. The molecule has 1 aliphatic carbocycles. The van der Waals surface area contributed by atoms with Crippen LogP contribution in [-0.2, 0) is 13.0 Å². The molecular weight excluding hydrogens is 404 g/mol. The fraction of sp³-hybridized carbons (Fsp3) is 0.458. The molecule has 4 rings (SSSR count). The fourth-order valence-electron chi connectivity index (χ4n) is 4.01. The van der Waals surface area contributed by atoms with Crippen LogP contribution in [0, 0.1) is 0 Å². The van der Waals surface area contributed by atoms with Gasteiger partial charge in [-0.3, -0.25) is 4.40 Å². The van der Waals surface area contributed by atoms with Crippen molar-refractivity contribution in [3.8, 4) is 11.5 Å². The van der Waals surface area contributed by atoms with Gasteiger partial charge in [-0.1, -0.05) is 18.2 Å². The normalized spacial score (nSPS) is 14.6. The second-order valence-corrected chi connectivity index (χ2v) is 7.89. The molecule has 1 aromatic carbocycles. The molecular formula is C24H32N6O2. The van der Waals surface area contributed by atoms with Crippen molar-refractivity contribution in [1.82, 2.24) is 25.2 Å². The zero-order chi connectivity index (χ0) is 22.2. The van der Waals surface area contributed by atoms with E-state index in [1.165, 1.54) is 12.8 Å². The molecule has 0 saturated heterocycles. The maximum atomic E-state index is 6.34. The monoisotopic (exact) mass is 436 g/mol. The van der Waals surface area contributed by atoms with Gasteiger partial charge in [-0.2, -0.15) is 0 Å². The largest absolute Gasteiger partial charge is 0.493 e. The molecule has 2 aromatic heterocycles. The Kier molecular flexibility index (Phi) is 7.42. The molecule has 170 valence electrons. The van der Waals surface area contributed by atoms with Crippen LogP contribution in [0.1, 0.15) is 44.0 Å². The number of aliphatic imine (C=N–C) groups is 1. The van der Waals surface area contributed by atoms with E-state index in [2.05, 4.69) is 33.8 Å². The van der Waals surface area contributed by atoms with Crippen molar-refractivity contribution in [3.05, 3.63) is 54.0 Å². The molecule has 0 unspecified atom stereocenters. The summed E-state index contributed by atoms with van der Waals surface area (Å²) in [6.45, 7) is 4.04. The molecule has 8 nitrogen and oxygen atoms in total. The van der Waals surface area contributed by atoms with Crippen LogP contribution in [0.15, 0.2) is 47.6 Å². The molecule has 0 amide bonds. The summed E-state index contributed by atoms with van der Waals surface area (Å²) in [6, 6.07) is 11.9. The van der Waals surface area contributed by atoms with Gasteiger partial charge in [0.05, 0.1) is 19.8 Å². The van der Waals surface area contributed by atoms with E-state index in [4.69, 9.17) is 14.5 Å². The van der Waals surface area contributed by atoms with E-state index in [0.29, 0.717) is 13.1 Å². The lowest BCUT2D eigenvalue weighted by atomic mass is 10.1. The summed E-state index contributed by atoms with van der Waals surface area (Å²) < 4.78 is 13.9. The molecule has 0 atom stereocenters. The van der Waals surface area contributed by atoms with Crippen LogP contribution >= 0.6 is 0 Å². The molecule has 1 saturated carbocycles. The topological polar surface area (TPSA) is 85.1 Å². The Hall–Kier alpha value is -3.29. The lowest BCUT2D eigenvalue weighted by molar-refractivity contribution is 0.198. The van der Waals surface area contributed by atoms with E-state index in [1.54, 1.807) is 7.11 Å². The van der Waals surface area contributed by atoms with E-state index in [9.17, 15) is 0 Å². The second kappa shape index (κ2) is 10.8. The number of aromatic nitrogens is 3. The quantitative estimate of drug-likeness (QED) is 0.395. The van der Waals surface area contributed by atoms with E-state index < -0.39 is 0 Å². The standard InChI is InChI=1S/C24H32N6O2/c1-3-25-24(26-15-14-22-29-28-21-13-6-7-16-30(21)22)27-17-18-9-8-12-20(31-2)23(18)32-19-10-4-5-11-19/h6-9,12-13,16,19H,3-5,10-11,14-15,17H2,1-2H3,(H2,25,26,27). The zero-order valence-electron chi connectivity index (χ0n) is 18.9. The number of benzene rings is 1. The van der Waals surface area contributed by atoms with Gasteiger partial charge >= 0.3 is 0 Å². The number of fused-ring (bicyclic) bond motifs is 1. The Bertz CT molecular complexity index is 1040. The predicted octanol–water partition coefficient (Wildman–Crippen LogP) is 3.36. The number of ether oxygens (including phenoxy) is 2. The Morgan fingerprint density at radius 1 is 1.12 bits per heavy atom. The van der Waals surface area contributed by atoms with Crippen molar-refractivity contribution in [1.29, 1.82) is 0 Å². The van der Waals surface area contributed by atoms with E-state index in [1.807, 2.05) is 40.9 Å². The van der Waals surface area contributed by atoms with Gasteiger partial charge in [0.25, 0.3) is 0 Å². The van der Waals surface area contributed by atoms with Crippen LogP contribution in [-0.4, -0.2) is 46.9 Å². The molecule has 1 aliphatic rings. The van der Waals surface area contributed by atoms with Crippen LogP contribution < -0.4 is 20.1 Å². The third kappa shape index (κ3) is 5.30. The second-order valence-electron chi connectivity index (χ2n) is 7.89. The van der Waals surface area contributed by atoms with Gasteiger partial charge in [0.15, 0.2) is 23.1 Å².